The normalized spacial score (nSPS) is 19.1. The summed E-state index contributed by atoms with van der Waals surface area (Å²) in [6.07, 6.45) is 2.51. The Morgan fingerprint density at radius 3 is 3.32 bits per heavy atom. The fourth-order valence-electron chi connectivity index (χ4n) is 1.98. The van der Waals surface area contributed by atoms with Crippen LogP contribution in [0.1, 0.15) is 12.8 Å². The second-order valence-corrected chi connectivity index (χ2v) is 5.34. The highest BCUT2D eigenvalue weighted by molar-refractivity contribution is 7.13. The van der Waals surface area contributed by atoms with Crippen LogP contribution in [0.3, 0.4) is 0 Å². The van der Waals surface area contributed by atoms with Crippen molar-refractivity contribution in [2.75, 3.05) is 19.8 Å². The van der Waals surface area contributed by atoms with Crippen molar-refractivity contribution in [3.8, 4) is 10.7 Å². The predicted molar refractivity (Wildman–Crippen MR) is 70.9 cm³/mol. The molecule has 0 aromatic carbocycles. The zero-order valence-electron chi connectivity index (χ0n) is 10.6. The van der Waals surface area contributed by atoms with Crippen LogP contribution in [0.25, 0.3) is 10.7 Å². The Bertz CT molecular complexity index is 494. The van der Waals surface area contributed by atoms with Gasteiger partial charge in [-0.25, -0.2) is 0 Å². The number of hydrogen-bond donors (Lipinski definition) is 0. The summed E-state index contributed by atoms with van der Waals surface area (Å²) in [6, 6.07) is 3.96. The van der Waals surface area contributed by atoms with Gasteiger partial charge in [0, 0.05) is 6.61 Å². The lowest BCUT2D eigenvalue weighted by atomic mass is 10.2. The van der Waals surface area contributed by atoms with E-state index < -0.39 is 0 Å². The summed E-state index contributed by atoms with van der Waals surface area (Å²) < 4.78 is 11.1. The summed E-state index contributed by atoms with van der Waals surface area (Å²) in [5, 5.41) is 14.4. The van der Waals surface area contributed by atoms with E-state index in [4.69, 9.17) is 9.47 Å². The van der Waals surface area contributed by atoms with Gasteiger partial charge in [0.05, 0.1) is 30.7 Å². The van der Waals surface area contributed by atoms with Crippen LogP contribution in [-0.4, -0.2) is 46.1 Å². The third-order valence-corrected chi connectivity index (χ3v) is 3.82. The molecule has 0 aliphatic carbocycles. The molecule has 2 aromatic rings. The molecule has 7 heteroatoms. The molecule has 3 heterocycles. The van der Waals surface area contributed by atoms with Crippen molar-refractivity contribution in [1.29, 1.82) is 0 Å². The van der Waals surface area contributed by atoms with Crippen molar-refractivity contribution in [3.63, 3.8) is 0 Å². The van der Waals surface area contributed by atoms with Gasteiger partial charge >= 0.3 is 0 Å². The molecule has 0 unspecified atom stereocenters. The van der Waals surface area contributed by atoms with Gasteiger partial charge in [-0.05, 0) is 29.5 Å². The Balaban J connectivity index is 1.43. The number of hydrogen-bond acceptors (Lipinski definition) is 6. The van der Waals surface area contributed by atoms with Crippen molar-refractivity contribution in [2.24, 2.45) is 0 Å². The highest BCUT2D eigenvalue weighted by atomic mass is 32.1. The Kier molecular flexibility index (Phi) is 4.16. The molecular formula is C12H16N4O2S. The molecule has 1 aliphatic heterocycles. The highest BCUT2D eigenvalue weighted by Crippen LogP contribution is 2.19. The summed E-state index contributed by atoms with van der Waals surface area (Å²) >= 11 is 1.61. The first kappa shape index (κ1) is 12.7. The average molecular weight is 280 g/mol. The molecule has 0 N–H and O–H groups in total. The van der Waals surface area contributed by atoms with E-state index in [1.807, 2.05) is 17.5 Å². The van der Waals surface area contributed by atoms with Crippen molar-refractivity contribution in [1.82, 2.24) is 20.2 Å². The number of ether oxygens (including phenoxy) is 2. The summed E-state index contributed by atoms with van der Waals surface area (Å²) in [4.78, 5) is 2.61. The third kappa shape index (κ3) is 3.37. The Morgan fingerprint density at radius 2 is 2.53 bits per heavy atom. The van der Waals surface area contributed by atoms with E-state index >= 15 is 0 Å². The molecule has 1 atom stereocenters. The van der Waals surface area contributed by atoms with Crippen molar-refractivity contribution >= 4 is 11.3 Å². The van der Waals surface area contributed by atoms with Gasteiger partial charge in [-0.3, -0.25) is 0 Å². The zero-order chi connectivity index (χ0) is 12.9. The SMILES string of the molecule is c1csc(-c2nnn(CCOC[C@@H]3CCCO3)n2)c1. The van der Waals surface area contributed by atoms with Gasteiger partial charge in [-0.15, -0.1) is 21.5 Å². The number of aromatic nitrogens is 4. The van der Waals surface area contributed by atoms with Crippen LogP contribution < -0.4 is 0 Å². The molecule has 102 valence electrons. The minimum Gasteiger partial charge on any atom is -0.377 e. The molecule has 3 rings (SSSR count). The van der Waals surface area contributed by atoms with E-state index in [9.17, 15) is 0 Å². The van der Waals surface area contributed by atoms with E-state index in [0.717, 1.165) is 24.3 Å². The molecule has 0 radical (unpaired) electrons. The second-order valence-electron chi connectivity index (χ2n) is 4.40. The van der Waals surface area contributed by atoms with Crippen LogP contribution in [0.2, 0.25) is 0 Å². The molecule has 0 amide bonds. The van der Waals surface area contributed by atoms with Gasteiger partial charge in [-0.2, -0.15) is 4.80 Å². The molecule has 0 spiro atoms. The second kappa shape index (κ2) is 6.23. The Hall–Kier alpha value is -1.31. The van der Waals surface area contributed by atoms with Crippen molar-refractivity contribution in [2.45, 2.75) is 25.5 Å². The van der Waals surface area contributed by atoms with Crippen LogP contribution in [0.4, 0.5) is 0 Å². The van der Waals surface area contributed by atoms with E-state index in [2.05, 4.69) is 15.4 Å². The molecule has 19 heavy (non-hydrogen) atoms. The van der Waals surface area contributed by atoms with Crippen LogP contribution in [-0.2, 0) is 16.0 Å². The van der Waals surface area contributed by atoms with Crippen molar-refractivity contribution in [3.05, 3.63) is 17.5 Å². The summed E-state index contributed by atoms with van der Waals surface area (Å²) in [5.41, 5.74) is 0. The zero-order valence-corrected chi connectivity index (χ0v) is 11.4. The number of tetrazole rings is 1. The summed E-state index contributed by atoms with van der Waals surface area (Å²) in [6.45, 7) is 2.72. The molecule has 1 saturated heterocycles. The van der Waals surface area contributed by atoms with E-state index in [1.54, 1.807) is 16.1 Å². The maximum absolute atomic E-state index is 5.57. The van der Waals surface area contributed by atoms with Gasteiger partial charge in [0.2, 0.25) is 5.82 Å². The van der Waals surface area contributed by atoms with Gasteiger partial charge < -0.3 is 9.47 Å². The third-order valence-electron chi connectivity index (χ3n) is 2.96. The first-order valence-corrected chi connectivity index (χ1v) is 7.31. The largest absolute Gasteiger partial charge is 0.377 e. The molecule has 1 fully saturated rings. The molecule has 0 saturated carbocycles. The summed E-state index contributed by atoms with van der Waals surface area (Å²) in [7, 11) is 0. The number of rotatable bonds is 6. The Labute approximate surface area is 115 Å². The average Bonchev–Trinajstić information content (AvgIpc) is 3.15. The number of thiophene rings is 1. The van der Waals surface area contributed by atoms with Gasteiger partial charge in [0.1, 0.15) is 0 Å². The first-order valence-electron chi connectivity index (χ1n) is 6.43. The lowest BCUT2D eigenvalue weighted by molar-refractivity contribution is 0.0133. The maximum Gasteiger partial charge on any atom is 0.214 e. The molecule has 6 nitrogen and oxygen atoms in total. The molecule has 1 aliphatic rings. The lowest BCUT2D eigenvalue weighted by Gasteiger charge is -2.09. The predicted octanol–water partition coefficient (Wildman–Crippen LogP) is 1.60. The molecule has 2 aromatic heterocycles. The fraction of sp³-hybridized carbons (Fsp3) is 0.583. The monoisotopic (exact) mass is 280 g/mol. The fourth-order valence-corrected chi connectivity index (χ4v) is 2.63. The van der Waals surface area contributed by atoms with Gasteiger partial charge in [-0.1, -0.05) is 6.07 Å². The van der Waals surface area contributed by atoms with E-state index in [-0.39, 0.29) is 6.10 Å². The van der Waals surface area contributed by atoms with E-state index in [1.165, 1.54) is 0 Å². The molecule has 0 bridgehead atoms. The minimum atomic E-state index is 0.269. The Morgan fingerprint density at radius 1 is 1.53 bits per heavy atom. The standard InChI is InChI=1S/C12H16N4O2S/c1-3-10(18-6-1)9-17-7-5-16-14-12(13-15-16)11-4-2-8-19-11/h2,4,8,10H,1,3,5-7,9H2/t10-/m0/s1. The van der Waals surface area contributed by atoms with Crippen LogP contribution in [0.15, 0.2) is 17.5 Å². The quantitative estimate of drug-likeness (QED) is 0.752. The topological polar surface area (TPSA) is 62.1 Å². The number of nitrogens with zero attached hydrogens (tertiary/aromatic N) is 4. The summed E-state index contributed by atoms with van der Waals surface area (Å²) in [5.74, 6) is 0.675. The van der Waals surface area contributed by atoms with Crippen LogP contribution >= 0.6 is 11.3 Å². The van der Waals surface area contributed by atoms with E-state index in [0.29, 0.717) is 25.6 Å². The highest BCUT2D eigenvalue weighted by Gasteiger charge is 2.15. The van der Waals surface area contributed by atoms with Crippen LogP contribution in [0, 0.1) is 0 Å². The van der Waals surface area contributed by atoms with Gasteiger partial charge in [0.15, 0.2) is 0 Å². The van der Waals surface area contributed by atoms with Crippen molar-refractivity contribution < 1.29 is 9.47 Å². The van der Waals surface area contributed by atoms with Gasteiger partial charge in [0.25, 0.3) is 0 Å². The van der Waals surface area contributed by atoms with Crippen LogP contribution in [0.5, 0.6) is 0 Å². The first-order chi connectivity index (χ1) is 9.42. The smallest absolute Gasteiger partial charge is 0.214 e. The minimum absolute atomic E-state index is 0.269. The molecular weight excluding hydrogens is 264 g/mol. The maximum atomic E-state index is 5.57. The lowest BCUT2D eigenvalue weighted by Crippen LogP contribution is -2.17.